The van der Waals surface area contributed by atoms with Crippen LogP contribution in [0.15, 0.2) is 0 Å². The second-order valence-electron chi connectivity index (χ2n) is 21.0. The Kier molecular flexibility index (Phi) is 22.7. The van der Waals surface area contributed by atoms with Gasteiger partial charge in [0.05, 0.1) is 19.3 Å². The van der Waals surface area contributed by atoms with Crippen molar-refractivity contribution in [3.05, 3.63) is 0 Å². The molecule has 0 saturated carbocycles. The Hall–Kier alpha value is -1.79. The fourth-order valence-corrected chi connectivity index (χ4v) is 10.5. The van der Waals surface area contributed by atoms with Gasteiger partial charge in [0.1, 0.15) is 0 Å². The molecule has 4 N–H and O–H groups in total. The molecule has 1 aromatic heterocycles. The predicted molar refractivity (Wildman–Crippen MR) is 249 cm³/mol. The lowest BCUT2D eigenvalue weighted by atomic mass is 9.73. The van der Waals surface area contributed by atoms with E-state index in [0.29, 0.717) is 36.2 Å². The highest BCUT2D eigenvalue weighted by molar-refractivity contribution is 5.42. The number of hydrogen-bond donors (Lipinski definition) is 4. The molecule has 0 bridgehead atoms. The van der Waals surface area contributed by atoms with Gasteiger partial charge in [0, 0.05) is 41.8 Å². The van der Waals surface area contributed by atoms with E-state index in [-0.39, 0.29) is 22.2 Å². The molecular weight excluding hydrogens is 737 g/mol. The molecule has 1 unspecified atom stereocenters. The van der Waals surface area contributed by atoms with Gasteiger partial charge in [0.15, 0.2) is 0 Å². The molecule has 344 valence electrons. The molecule has 1 aromatic rings. The standard InChI is InChI=1S/C48H94N8O3/c1-12-14-16-18-20-26-32-58-55-45(4,5)34-40(35-46(55,6)7)28-22-24-30-49-42-52-43(54-44(53-42)51-38-39(3)57)50-31-25-23-29-41-36-47(8,9)56(48(10,11)37-41)59-33-27-21-19-17-15-13-2/h39-41,57H,12-38H2,1-11H3,(H3,49,50,51,52,53,54). The normalized spacial score (nSPS) is 20.1. The number of aliphatic hydroxyl groups is 1. The van der Waals surface area contributed by atoms with Gasteiger partial charge < -0.3 is 21.1 Å². The van der Waals surface area contributed by atoms with E-state index >= 15 is 0 Å². The first-order valence-corrected chi connectivity index (χ1v) is 24.5. The zero-order chi connectivity index (χ0) is 43.4. The second-order valence-corrected chi connectivity index (χ2v) is 21.0. The van der Waals surface area contributed by atoms with Crippen LogP contribution in [0.4, 0.5) is 17.8 Å². The van der Waals surface area contributed by atoms with Crippen LogP contribution in [0.2, 0.25) is 0 Å². The summed E-state index contributed by atoms with van der Waals surface area (Å²) in [6.07, 6.45) is 26.4. The Bertz CT molecular complexity index is 1150. The third kappa shape index (κ3) is 19.0. The fraction of sp³-hybridized carbons (Fsp3) is 0.938. The molecule has 0 aliphatic carbocycles. The van der Waals surface area contributed by atoms with E-state index < -0.39 is 6.10 Å². The van der Waals surface area contributed by atoms with Crippen molar-refractivity contribution < 1.29 is 14.8 Å². The number of piperidine rings is 2. The summed E-state index contributed by atoms with van der Waals surface area (Å²) < 4.78 is 0. The van der Waals surface area contributed by atoms with Crippen LogP contribution >= 0.6 is 0 Å². The quantitative estimate of drug-likeness (QED) is 0.0535. The molecule has 3 rings (SSSR count). The van der Waals surface area contributed by atoms with Crippen LogP contribution in [-0.2, 0) is 9.68 Å². The minimum absolute atomic E-state index is 0.0180. The Morgan fingerprint density at radius 2 is 0.864 bits per heavy atom. The number of hydrogen-bond acceptors (Lipinski definition) is 11. The molecule has 2 fully saturated rings. The topological polar surface area (TPSA) is 120 Å². The van der Waals surface area contributed by atoms with E-state index in [4.69, 9.17) is 14.7 Å². The molecule has 1 atom stereocenters. The summed E-state index contributed by atoms with van der Waals surface area (Å²) in [5, 5.41) is 24.7. The molecule has 2 aliphatic heterocycles. The van der Waals surface area contributed by atoms with Crippen molar-refractivity contribution in [1.29, 1.82) is 0 Å². The van der Waals surface area contributed by atoms with E-state index in [2.05, 4.69) is 105 Å². The number of unbranched alkanes of at least 4 members (excludes halogenated alkanes) is 12. The minimum Gasteiger partial charge on any atom is -0.392 e. The summed E-state index contributed by atoms with van der Waals surface area (Å²) in [6, 6.07) is 0. The maximum absolute atomic E-state index is 9.91. The molecule has 2 aliphatic rings. The van der Waals surface area contributed by atoms with E-state index in [9.17, 15) is 5.11 Å². The first-order chi connectivity index (χ1) is 28.0. The van der Waals surface area contributed by atoms with Crippen molar-refractivity contribution in [2.24, 2.45) is 11.8 Å². The molecule has 11 nitrogen and oxygen atoms in total. The van der Waals surface area contributed by atoms with Gasteiger partial charge in [-0.2, -0.15) is 25.1 Å². The number of nitrogens with zero attached hydrogens (tertiary/aromatic N) is 5. The van der Waals surface area contributed by atoms with Gasteiger partial charge in [0.25, 0.3) is 0 Å². The molecule has 3 heterocycles. The number of hydroxylamine groups is 4. The van der Waals surface area contributed by atoms with Gasteiger partial charge in [0.2, 0.25) is 17.8 Å². The zero-order valence-corrected chi connectivity index (χ0v) is 40.3. The van der Waals surface area contributed by atoms with Crippen LogP contribution < -0.4 is 16.0 Å². The summed E-state index contributed by atoms with van der Waals surface area (Å²) in [6.45, 7) is 28.8. The zero-order valence-electron chi connectivity index (χ0n) is 40.3. The predicted octanol–water partition coefficient (Wildman–Crippen LogP) is 12.0. The number of rotatable bonds is 31. The van der Waals surface area contributed by atoms with Gasteiger partial charge in [-0.05, 0) is 126 Å². The van der Waals surface area contributed by atoms with Crippen molar-refractivity contribution in [1.82, 2.24) is 25.1 Å². The maximum Gasteiger partial charge on any atom is 0.229 e. The summed E-state index contributed by atoms with van der Waals surface area (Å²) in [4.78, 5) is 27.0. The van der Waals surface area contributed by atoms with E-state index in [0.717, 1.165) is 90.5 Å². The lowest BCUT2D eigenvalue weighted by molar-refractivity contribution is -0.288. The first kappa shape index (κ1) is 51.6. The first-order valence-electron chi connectivity index (χ1n) is 24.5. The van der Waals surface area contributed by atoms with Crippen LogP contribution in [0.3, 0.4) is 0 Å². The molecule has 11 heteroatoms. The minimum atomic E-state index is -0.498. The fourth-order valence-electron chi connectivity index (χ4n) is 10.5. The van der Waals surface area contributed by atoms with Crippen LogP contribution in [0.5, 0.6) is 0 Å². The average molecular weight is 831 g/mol. The van der Waals surface area contributed by atoms with Crippen molar-refractivity contribution in [2.45, 2.75) is 246 Å². The number of aromatic nitrogens is 3. The Labute approximate surface area is 363 Å². The highest BCUT2D eigenvalue weighted by atomic mass is 16.7. The van der Waals surface area contributed by atoms with Crippen molar-refractivity contribution >= 4 is 17.8 Å². The highest BCUT2D eigenvalue weighted by Gasteiger charge is 2.47. The number of anilines is 3. The van der Waals surface area contributed by atoms with Gasteiger partial charge in [-0.3, -0.25) is 9.68 Å². The number of aliphatic hydroxyl groups excluding tert-OH is 1. The van der Waals surface area contributed by atoms with Crippen molar-refractivity contribution in [3.63, 3.8) is 0 Å². The van der Waals surface area contributed by atoms with E-state index in [1.165, 1.54) is 77.0 Å². The van der Waals surface area contributed by atoms with Gasteiger partial charge in [-0.25, -0.2) is 0 Å². The number of nitrogens with one attached hydrogen (secondary N) is 3. The van der Waals surface area contributed by atoms with Crippen LogP contribution in [0.25, 0.3) is 0 Å². The SMILES string of the molecule is CCCCCCCCON1C(C)(C)CC(CCCCNc2nc(NCCCCC3CC(C)(C)N(OCCCCCCCC)C(C)(C)C3)nc(NCC(C)O)n2)CC1(C)C. The second kappa shape index (κ2) is 26.0. The Morgan fingerprint density at radius 3 is 1.22 bits per heavy atom. The lowest BCUT2D eigenvalue weighted by Crippen LogP contribution is -2.60. The van der Waals surface area contributed by atoms with Gasteiger partial charge in [-0.1, -0.05) is 104 Å². The average Bonchev–Trinajstić information content (AvgIpc) is 3.14. The van der Waals surface area contributed by atoms with Crippen molar-refractivity contribution in [3.8, 4) is 0 Å². The molecular formula is C48H94N8O3. The van der Waals surface area contributed by atoms with Gasteiger partial charge >= 0.3 is 0 Å². The van der Waals surface area contributed by atoms with E-state index in [1.807, 2.05) is 0 Å². The van der Waals surface area contributed by atoms with Crippen LogP contribution in [0.1, 0.15) is 217 Å². The molecule has 0 radical (unpaired) electrons. The van der Waals surface area contributed by atoms with Crippen LogP contribution in [0, 0.1) is 11.8 Å². The van der Waals surface area contributed by atoms with Gasteiger partial charge in [-0.15, -0.1) is 0 Å². The third-order valence-electron chi connectivity index (χ3n) is 12.6. The molecule has 59 heavy (non-hydrogen) atoms. The smallest absolute Gasteiger partial charge is 0.229 e. The Balaban J connectivity index is 1.41. The largest absolute Gasteiger partial charge is 0.392 e. The maximum atomic E-state index is 9.91. The lowest BCUT2D eigenvalue weighted by Gasteiger charge is -2.54. The third-order valence-corrected chi connectivity index (χ3v) is 12.6. The monoisotopic (exact) mass is 831 g/mol. The molecule has 2 saturated heterocycles. The highest BCUT2D eigenvalue weighted by Crippen LogP contribution is 2.44. The Morgan fingerprint density at radius 1 is 0.525 bits per heavy atom. The summed E-state index contributed by atoms with van der Waals surface area (Å²) in [7, 11) is 0. The summed E-state index contributed by atoms with van der Waals surface area (Å²) in [5.74, 6) is 2.98. The van der Waals surface area contributed by atoms with Crippen LogP contribution in [-0.4, -0.2) is 91.3 Å². The molecule has 0 amide bonds. The van der Waals surface area contributed by atoms with E-state index in [1.54, 1.807) is 6.92 Å². The molecule has 0 spiro atoms. The summed E-state index contributed by atoms with van der Waals surface area (Å²) in [5.41, 5.74) is 0.0720. The van der Waals surface area contributed by atoms with Crippen molar-refractivity contribution in [2.75, 3.05) is 48.8 Å². The summed E-state index contributed by atoms with van der Waals surface area (Å²) >= 11 is 0. The molecule has 0 aromatic carbocycles.